The molecule has 138 valence electrons. The third-order valence-electron chi connectivity index (χ3n) is 4.54. The van der Waals surface area contributed by atoms with Crippen LogP contribution in [0.1, 0.15) is 31.0 Å². The van der Waals surface area contributed by atoms with Crippen molar-refractivity contribution >= 4 is 11.8 Å². The Morgan fingerprint density at radius 3 is 2.85 bits per heavy atom. The number of nitrogens with zero attached hydrogens (tertiary/aromatic N) is 3. The number of likely N-dealkylation sites (tertiary alicyclic amines) is 1. The van der Waals surface area contributed by atoms with Crippen molar-refractivity contribution in [2.75, 3.05) is 19.7 Å². The van der Waals surface area contributed by atoms with Crippen molar-refractivity contribution in [3.63, 3.8) is 0 Å². The summed E-state index contributed by atoms with van der Waals surface area (Å²) >= 11 is 0. The number of ether oxygens (including phenoxy) is 1. The second-order valence-electron chi connectivity index (χ2n) is 6.47. The normalized spacial score (nSPS) is 17.1. The number of carbonyl (C=O) groups excluding carboxylic acids is 2. The zero-order valence-electron chi connectivity index (χ0n) is 14.7. The van der Waals surface area contributed by atoms with E-state index < -0.39 is 5.91 Å². The van der Waals surface area contributed by atoms with Crippen LogP contribution in [0.3, 0.4) is 0 Å². The van der Waals surface area contributed by atoms with Gasteiger partial charge in [0.2, 0.25) is 11.8 Å². The first-order chi connectivity index (χ1) is 12.6. The highest BCUT2D eigenvalue weighted by atomic mass is 16.5. The molecule has 1 saturated heterocycles. The van der Waals surface area contributed by atoms with E-state index in [0.717, 1.165) is 31.0 Å². The van der Waals surface area contributed by atoms with Gasteiger partial charge >= 0.3 is 0 Å². The minimum atomic E-state index is -0.397. The second-order valence-corrected chi connectivity index (χ2v) is 6.47. The number of primary amides is 1. The van der Waals surface area contributed by atoms with Crippen molar-refractivity contribution in [3.8, 4) is 5.75 Å². The molecule has 2 heterocycles. The van der Waals surface area contributed by atoms with Crippen LogP contribution in [0.2, 0.25) is 0 Å². The molecule has 26 heavy (non-hydrogen) atoms. The fourth-order valence-electron chi connectivity index (χ4n) is 3.33. The van der Waals surface area contributed by atoms with E-state index in [-0.39, 0.29) is 18.4 Å². The lowest BCUT2D eigenvalue weighted by Gasteiger charge is -2.32. The number of amides is 2. The lowest BCUT2D eigenvalue weighted by Crippen LogP contribution is -2.40. The van der Waals surface area contributed by atoms with Gasteiger partial charge in [0.25, 0.3) is 0 Å². The number of carbonyl (C=O) groups is 2. The average molecular weight is 356 g/mol. The third kappa shape index (κ3) is 4.62. The maximum atomic E-state index is 12.5. The molecule has 1 unspecified atom stereocenters. The van der Waals surface area contributed by atoms with Crippen LogP contribution in [0.5, 0.6) is 5.75 Å². The van der Waals surface area contributed by atoms with Crippen LogP contribution >= 0.6 is 0 Å². The van der Waals surface area contributed by atoms with E-state index in [4.69, 9.17) is 10.5 Å². The Hall–Kier alpha value is -2.83. The van der Waals surface area contributed by atoms with Crippen molar-refractivity contribution in [3.05, 3.63) is 48.5 Å². The van der Waals surface area contributed by atoms with Gasteiger partial charge in [-0.25, -0.2) is 4.98 Å². The number of hydrogen-bond acceptors (Lipinski definition) is 4. The number of aromatic nitrogens is 2. The predicted octanol–water partition coefficient (Wildman–Crippen LogP) is 1.54. The molecule has 0 saturated carbocycles. The van der Waals surface area contributed by atoms with Gasteiger partial charge in [-0.1, -0.05) is 18.2 Å². The van der Waals surface area contributed by atoms with E-state index in [1.807, 2.05) is 35.2 Å². The van der Waals surface area contributed by atoms with Crippen molar-refractivity contribution in [1.82, 2.24) is 14.5 Å². The summed E-state index contributed by atoms with van der Waals surface area (Å²) in [6, 6.07) is 9.48. The molecule has 2 N–H and O–H groups in total. The van der Waals surface area contributed by atoms with E-state index in [9.17, 15) is 9.59 Å². The predicted molar refractivity (Wildman–Crippen MR) is 96.5 cm³/mol. The Kier molecular flexibility index (Phi) is 5.88. The summed E-state index contributed by atoms with van der Waals surface area (Å²) < 4.78 is 7.39. The fourth-order valence-corrected chi connectivity index (χ4v) is 3.33. The van der Waals surface area contributed by atoms with Crippen LogP contribution in [0, 0.1) is 0 Å². The van der Waals surface area contributed by atoms with Gasteiger partial charge in [-0.05, 0) is 25.0 Å². The molecule has 1 aliphatic heterocycles. The number of nitrogens with two attached hydrogens (primary N) is 1. The van der Waals surface area contributed by atoms with E-state index in [2.05, 4.69) is 4.98 Å². The van der Waals surface area contributed by atoms with Gasteiger partial charge < -0.3 is 19.9 Å². The van der Waals surface area contributed by atoms with Crippen molar-refractivity contribution < 1.29 is 14.3 Å². The van der Waals surface area contributed by atoms with Crippen molar-refractivity contribution in [2.24, 2.45) is 5.73 Å². The van der Waals surface area contributed by atoms with Gasteiger partial charge in [0.1, 0.15) is 18.1 Å². The Morgan fingerprint density at radius 2 is 2.08 bits per heavy atom. The highest BCUT2D eigenvalue weighted by Crippen LogP contribution is 2.26. The summed E-state index contributed by atoms with van der Waals surface area (Å²) in [5.41, 5.74) is 5.29. The van der Waals surface area contributed by atoms with Gasteiger partial charge in [0.05, 0.1) is 13.0 Å². The Balaban J connectivity index is 1.54. The summed E-state index contributed by atoms with van der Waals surface area (Å²) in [6.07, 6.45) is 5.64. The van der Waals surface area contributed by atoms with Gasteiger partial charge in [-0.3, -0.25) is 9.59 Å². The van der Waals surface area contributed by atoms with E-state index >= 15 is 0 Å². The lowest BCUT2D eigenvalue weighted by atomic mass is 9.97. The first kappa shape index (κ1) is 18.0. The molecule has 1 atom stereocenters. The summed E-state index contributed by atoms with van der Waals surface area (Å²) in [7, 11) is 0. The summed E-state index contributed by atoms with van der Waals surface area (Å²) in [6.45, 7) is 1.84. The molecule has 7 nitrogen and oxygen atoms in total. The third-order valence-corrected chi connectivity index (χ3v) is 4.54. The number of benzene rings is 1. The maximum absolute atomic E-state index is 12.5. The quantitative estimate of drug-likeness (QED) is 0.815. The number of piperidine rings is 1. The standard InChI is InChI=1S/C19H24N4O3/c20-17(24)14-23-11-9-21-19(23)15-5-4-10-22(13-15)18(25)8-12-26-16-6-2-1-3-7-16/h1-3,6-7,9,11,15H,4-5,8,10,12-14H2,(H2,20,24). The molecule has 1 aromatic carbocycles. The van der Waals surface area contributed by atoms with Gasteiger partial charge in [0.15, 0.2) is 0 Å². The lowest BCUT2D eigenvalue weighted by molar-refractivity contribution is -0.133. The van der Waals surface area contributed by atoms with Crippen molar-refractivity contribution in [2.45, 2.75) is 31.7 Å². The number of imidazole rings is 1. The SMILES string of the molecule is NC(=O)Cn1ccnc1C1CCCN(C(=O)CCOc2ccccc2)C1. The van der Waals surface area contributed by atoms with E-state index in [1.54, 1.807) is 17.0 Å². The molecule has 0 spiro atoms. The molecule has 7 heteroatoms. The monoisotopic (exact) mass is 356 g/mol. The molecule has 1 aromatic heterocycles. The van der Waals surface area contributed by atoms with Crippen molar-refractivity contribution in [1.29, 1.82) is 0 Å². The van der Waals surface area contributed by atoms with Gasteiger partial charge in [-0.2, -0.15) is 0 Å². The Labute approximate surface area is 152 Å². The number of para-hydroxylation sites is 1. The smallest absolute Gasteiger partial charge is 0.237 e. The summed E-state index contributed by atoms with van der Waals surface area (Å²) in [4.78, 5) is 30.0. The maximum Gasteiger partial charge on any atom is 0.237 e. The number of rotatable bonds is 7. The Morgan fingerprint density at radius 1 is 1.27 bits per heavy atom. The molecule has 0 radical (unpaired) electrons. The van der Waals surface area contributed by atoms with E-state index in [0.29, 0.717) is 19.6 Å². The van der Waals surface area contributed by atoms with E-state index in [1.165, 1.54) is 0 Å². The molecule has 0 bridgehead atoms. The molecule has 2 amide bonds. The van der Waals surface area contributed by atoms with Crippen LogP contribution in [-0.2, 0) is 16.1 Å². The van der Waals surface area contributed by atoms with Crippen LogP contribution in [0.4, 0.5) is 0 Å². The molecular weight excluding hydrogens is 332 g/mol. The minimum absolute atomic E-state index is 0.0821. The topological polar surface area (TPSA) is 90.5 Å². The average Bonchev–Trinajstić information content (AvgIpc) is 3.10. The van der Waals surface area contributed by atoms with Gasteiger partial charge in [0, 0.05) is 31.4 Å². The zero-order valence-corrected chi connectivity index (χ0v) is 14.7. The van der Waals surface area contributed by atoms with Gasteiger partial charge in [-0.15, -0.1) is 0 Å². The largest absolute Gasteiger partial charge is 0.493 e. The molecule has 3 rings (SSSR count). The first-order valence-electron chi connectivity index (χ1n) is 8.88. The molecule has 0 aliphatic carbocycles. The molecular formula is C19H24N4O3. The fraction of sp³-hybridized carbons (Fsp3) is 0.421. The Bertz CT molecular complexity index is 744. The highest BCUT2D eigenvalue weighted by Gasteiger charge is 2.27. The first-order valence-corrected chi connectivity index (χ1v) is 8.88. The highest BCUT2D eigenvalue weighted by molar-refractivity contribution is 5.76. The summed E-state index contributed by atoms with van der Waals surface area (Å²) in [5, 5.41) is 0. The minimum Gasteiger partial charge on any atom is -0.493 e. The van der Waals surface area contributed by atoms with Crippen LogP contribution in [-0.4, -0.2) is 46.0 Å². The number of hydrogen-bond donors (Lipinski definition) is 1. The molecule has 1 aliphatic rings. The zero-order chi connectivity index (χ0) is 18.4. The van der Waals surface area contributed by atoms with Crippen LogP contribution in [0.25, 0.3) is 0 Å². The second kappa shape index (κ2) is 8.51. The van der Waals surface area contributed by atoms with Crippen LogP contribution in [0.15, 0.2) is 42.7 Å². The van der Waals surface area contributed by atoms with Crippen LogP contribution < -0.4 is 10.5 Å². The molecule has 2 aromatic rings. The molecule has 1 fully saturated rings. The summed E-state index contributed by atoms with van der Waals surface area (Å²) in [5.74, 6) is 1.40.